The third-order valence-electron chi connectivity index (χ3n) is 4.67. The summed E-state index contributed by atoms with van der Waals surface area (Å²) in [4.78, 5) is 4.53. The van der Waals surface area contributed by atoms with Gasteiger partial charge in [0.2, 0.25) is 0 Å². The van der Waals surface area contributed by atoms with Gasteiger partial charge in [0.1, 0.15) is 0 Å². The lowest BCUT2D eigenvalue weighted by Crippen LogP contribution is -2.43. The molecule has 0 bridgehead atoms. The molecule has 1 aliphatic heterocycles. The van der Waals surface area contributed by atoms with Crippen LogP contribution in [0.5, 0.6) is 0 Å². The summed E-state index contributed by atoms with van der Waals surface area (Å²) in [6.07, 6.45) is 10.4. The lowest BCUT2D eigenvalue weighted by atomic mass is 9.90. The van der Waals surface area contributed by atoms with E-state index < -0.39 is 5.60 Å². The molecule has 1 aliphatic carbocycles. The van der Waals surface area contributed by atoms with Crippen LogP contribution in [0.3, 0.4) is 0 Å². The fourth-order valence-corrected chi connectivity index (χ4v) is 3.38. The van der Waals surface area contributed by atoms with Crippen LogP contribution >= 0.6 is 0 Å². The summed E-state index contributed by atoms with van der Waals surface area (Å²) in [5.41, 5.74) is -0.967. The minimum atomic E-state index is -0.967. The first-order valence-electron chi connectivity index (χ1n) is 8.05. The van der Waals surface area contributed by atoms with Crippen molar-refractivity contribution in [2.45, 2.75) is 69.3 Å². The molecule has 2 heterocycles. The molecule has 0 radical (unpaired) electrons. The fourth-order valence-electron chi connectivity index (χ4n) is 3.38. The van der Waals surface area contributed by atoms with Crippen LogP contribution in [0, 0.1) is 0 Å². The van der Waals surface area contributed by atoms with E-state index in [1.165, 1.54) is 32.1 Å². The zero-order valence-electron chi connectivity index (χ0n) is 12.1. The molecule has 1 aromatic heterocycles. The molecule has 2 N–H and O–H groups in total. The molecular formula is C15H25N3O2. The number of aromatic nitrogens is 2. The third kappa shape index (κ3) is 3.04. The number of nitrogens with one attached hydrogen (secondary N) is 1. The molecule has 2 fully saturated rings. The predicted octanol–water partition coefficient (Wildman–Crippen LogP) is 2.47. The van der Waals surface area contributed by atoms with Crippen LogP contribution in [0.1, 0.15) is 75.4 Å². The zero-order valence-corrected chi connectivity index (χ0v) is 12.1. The molecule has 0 aromatic carbocycles. The van der Waals surface area contributed by atoms with E-state index in [4.69, 9.17) is 4.52 Å². The van der Waals surface area contributed by atoms with E-state index >= 15 is 0 Å². The molecule has 1 saturated heterocycles. The van der Waals surface area contributed by atoms with Crippen molar-refractivity contribution in [1.29, 1.82) is 0 Å². The van der Waals surface area contributed by atoms with Gasteiger partial charge in [-0.1, -0.05) is 37.3 Å². The molecular weight excluding hydrogens is 254 g/mol. The largest absolute Gasteiger partial charge is 0.379 e. The average molecular weight is 279 g/mol. The molecule has 1 saturated carbocycles. The van der Waals surface area contributed by atoms with Crippen LogP contribution in [0.15, 0.2) is 4.52 Å². The van der Waals surface area contributed by atoms with Gasteiger partial charge in [-0.25, -0.2) is 0 Å². The summed E-state index contributed by atoms with van der Waals surface area (Å²) in [5.74, 6) is 1.62. The van der Waals surface area contributed by atoms with Crippen LogP contribution in [0.4, 0.5) is 0 Å². The monoisotopic (exact) mass is 279 g/mol. The average Bonchev–Trinajstić information content (AvgIpc) is 2.89. The molecule has 3 rings (SSSR count). The molecule has 5 heteroatoms. The van der Waals surface area contributed by atoms with E-state index in [9.17, 15) is 5.11 Å². The van der Waals surface area contributed by atoms with Gasteiger partial charge in [0.05, 0.1) is 0 Å². The highest BCUT2D eigenvalue weighted by atomic mass is 16.5. The summed E-state index contributed by atoms with van der Waals surface area (Å²) in [5, 5.41) is 18.0. The first-order valence-corrected chi connectivity index (χ1v) is 8.05. The summed E-state index contributed by atoms with van der Waals surface area (Å²) in [6, 6.07) is 0. The molecule has 1 aromatic rings. The van der Waals surface area contributed by atoms with Gasteiger partial charge in [0.25, 0.3) is 5.89 Å². The van der Waals surface area contributed by atoms with Gasteiger partial charge in [-0.15, -0.1) is 0 Å². The minimum absolute atomic E-state index is 0.404. The van der Waals surface area contributed by atoms with Gasteiger partial charge in [-0.3, -0.25) is 0 Å². The summed E-state index contributed by atoms with van der Waals surface area (Å²) >= 11 is 0. The number of hydrogen-bond acceptors (Lipinski definition) is 5. The highest BCUT2D eigenvalue weighted by Crippen LogP contribution is 2.32. The second-order valence-corrected chi connectivity index (χ2v) is 6.31. The van der Waals surface area contributed by atoms with Crippen molar-refractivity contribution in [3.63, 3.8) is 0 Å². The van der Waals surface area contributed by atoms with Crippen LogP contribution in [0.25, 0.3) is 0 Å². The Balaban J connectivity index is 1.71. The van der Waals surface area contributed by atoms with Crippen molar-refractivity contribution < 1.29 is 9.63 Å². The van der Waals surface area contributed by atoms with Crippen LogP contribution in [-0.4, -0.2) is 28.3 Å². The Kier molecular flexibility index (Phi) is 4.36. The van der Waals surface area contributed by atoms with Gasteiger partial charge in [-0.05, 0) is 32.2 Å². The number of hydrogen-bond donors (Lipinski definition) is 2. The van der Waals surface area contributed by atoms with Crippen molar-refractivity contribution in [2.24, 2.45) is 0 Å². The molecule has 112 valence electrons. The maximum Gasteiger partial charge on any atom is 0.259 e. The first kappa shape index (κ1) is 14.0. The van der Waals surface area contributed by atoms with Crippen molar-refractivity contribution in [1.82, 2.24) is 15.5 Å². The lowest BCUT2D eigenvalue weighted by Gasteiger charge is -2.28. The van der Waals surface area contributed by atoms with Crippen LogP contribution < -0.4 is 5.32 Å². The summed E-state index contributed by atoms with van der Waals surface area (Å²) in [7, 11) is 0. The van der Waals surface area contributed by atoms with Gasteiger partial charge < -0.3 is 14.9 Å². The van der Waals surface area contributed by atoms with E-state index in [0.29, 0.717) is 24.8 Å². The molecule has 1 unspecified atom stereocenters. The Labute approximate surface area is 120 Å². The Hall–Kier alpha value is -0.940. The number of aliphatic hydroxyl groups is 1. The molecule has 2 aliphatic rings. The lowest BCUT2D eigenvalue weighted by molar-refractivity contribution is -0.0167. The number of β-amino-alcohol motifs (C(OH)–C–C–N with tert-alkyl or cyclic N) is 1. The van der Waals surface area contributed by atoms with Gasteiger partial charge >= 0.3 is 0 Å². The van der Waals surface area contributed by atoms with Crippen molar-refractivity contribution in [3.8, 4) is 0 Å². The number of rotatable bonds is 2. The Morgan fingerprint density at radius 3 is 2.55 bits per heavy atom. The zero-order chi connectivity index (χ0) is 13.8. The normalized spacial score (nSPS) is 29.9. The highest BCUT2D eigenvalue weighted by molar-refractivity contribution is 5.04. The predicted molar refractivity (Wildman–Crippen MR) is 75.4 cm³/mol. The van der Waals surface area contributed by atoms with E-state index in [2.05, 4.69) is 15.5 Å². The minimum Gasteiger partial charge on any atom is -0.379 e. The van der Waals surface area contributed by atoms with E-state index in [1.807, 2.05) is 0 Å². The molecule has 20 heavy (non-hydrogen) atoms. The smallest absolute Gasteiger partial charge is 0.259 e. The van der Waals surface area contributed by atoms with Crippen LogP contribution in [-0.2, 0) is 5.60 Å². The van der Waals surface area contributed by atoms with Crippen LogP contribution in [0.2, 0.25) is 0 Å². The second-order valence-electron chi connectivity index (χ2n) is 6.31. The van der Waals surface area contributed by atoms with Crippen molar-refractivity contribution in [2.75, 3.05) is 13.1 Å². The third-order valence-corrected chi connectivity index (χ3v) is 4.67. The fraction of sp³-hybridized carbons (Fsp3) is 0.867. The summed E-state index contributed by atoms with van der Waals surface area (Å²) in [6.45, 7) is 1.46. The quantitative estimate of drug-likeness (QED) is 0.870. The number of piperidine rings is 1. The van der Waals surface area contributed by atoms with E-state index in [-0.39, 0.29) is 0 Å². The highest BCUT2D eigenvalue weighted by Gasteiger charge is 2.37. The van der Waals surface area contributed by atoms with Gasteiger partial charge in [0, 0.05) is 12.5 Å². The Morgan fingerprint density at radius 2 is 1.85 bits per heavy atom. The van der Waals surface area contributed by atoms with Crippen molar-refractivity contribution in [3.05, 3.63) is 11.7 Å². The number of nitrogens with zero attached hydrogens (tertiary/aromatic N) is 2. The second kappa shape index (κ2) is 6.22. The first-order chi connectivity index (χ1) is 9.78. The standard InChI is InChI=1S/C15H25N3O2/c19-15(9-6-10-16-11-15)14-17-13(18-20-14)12-7-4-2-1-3-5-8-12/h12,16,19H,1-11H2. The van der Waals surface area contributed by atoms with E-state index in [1.54, 1.807) is 0 Å². The van der Waals surface area contributed by atoms with Gasteiger partial charge in [-0.2, -0.15) is 4.98 Å². The van der Waals surface area contributed by atoms with E-state index in [0.717, 1.165) is 31.6 Å². The Bertz CT molecular complexity index is 419. The maximum absolute atomic E-state index is 10.6. The Morgan fingerprint density at radius 1 is 1.10 bits per heavy atom. The molecule has 0 amide bonds. The topological polar surface area (TPSA) is 71.2 Å². The summed E-state index contributed by atoms with van der Waals surface area (Å²) < 4.78 is 5.38. The molecule has 5 nitrogen and oxygen atoms in total. The molecule has 1 atom stereocenters. The maximum atomic E-state index is 10.6. The van der Waals surface area contributed by atoms with Gasteiger partial charge in [0.15, 0.2) is 11.4 Å². The SMILES string of the molecule is OC1(c2nc(C3CCCCCCC3)no2)CCCNC1. The molecule has 0 spiro atoms. The van der Waals surface area contributed by atoms with Crippen molar-refractivity contribution >= 4 is 0 Å².